The van der Waals surface area contributed by atoms with Crippen LogP contribution in [-0.2, 0) is 6.18 Å². The molecule has 178 valence electrons. The number of hydrogen-bond acceptors (Lipinski definition) is 6. The van der Waals surface area contributed by atoms with Gasteiger partial charge in [0.25, 0.3) is 5.69 Å². The van der Waals surface area contributed by atoms with Crippen molar-refractivity contribution in [1.82, 2.24) is 9.88 Å². The maximum atomic E-state index is 12.8. The number of aromatic nitrogens is 1. The highest BCUT2D eigenvalue weighted by Crippen LogP contribution is 2.37. The van der Waals surface area contributed by atoms with Crippen molar-refractivity contribution in [2.45, 2.75) is 19.1 Å². The minimum Gasteiger partial charge on any atom is -0.508 e. The van der Waals surface area contributed by atoms with E-state index in [9.17, 15) is 28.4 Å². The monoisotopic (exact) mass is 472 g/mol. The number of aryl methyl sites for hydroxylation is 1. The SMILES string of the molecule is Cc1ccc([C@H](c2cc([N+](=O)[O-])ccc2O)N2CCN(c3ccc(C(F)(F)F)cn3)CC2)cc1. The van der Waals surface area contributed by atoms with E-state index in [-0.39, 0.29) is 11.4 Å². The van der Waals surface area contributed by atoms with Gasteiger partial charge < -0.3 is 10.0 Å². The van der Waals surface area contributed by atoms with Crippen molar-refractivity contribution in [3.8, 4) is 5.75 Å². The highest BCUT2D eigenvalue weighted by Gasteiger charge is 2.32. The fourth-order valence-electron chi connectivity index (χ4n) is 4.16. The van der Waals surface area contributed by atoms with Crippen LogP contribution in [0.5, 0.6) is 5.75 Å². The summed E-state index contributed by atoms with van der Waals surface area (Å²) < 4.78 is 38.5. The summed E-state index contributed by atoms with van der Waals surface area (Å²) in [6, 6.07) is 13.7. The topological polar surface area (TPSA) is 82.7 Å². The van der Waals surface area contributed by atoms with Crippen molar-refractivity contribution in [1.29, 1.82) is 0 Å². The van der Waals surface area contributed by atoms with Crippen molar-refractivity contribution < 1.29 is 23.2 Å². The molecule has 7 nitrogen and oxygen atoms in total. The number of aromatic hydroxyl groups is 1. The van der Waals surface area contributed by atoms with Crippen LogP contribution in [-0.4, -0.2) is 46.1 Å². The first-order valence-corrected chi connectivity index (χ1v) is 10.7. The molecule has 0 amide bonds. The highest BCUT2D eigenvalue weighted by atomic mass is 19.4. The van der Waals surface area contributed by atoms with Crippen LogP contribution in [0.3, 0.4) is 0 Å². The summed E-state index contributed by atoms with van der Waals surface area (Å²) in [6.45, 7) is 3.99. The predicted octanol–water partition coefficient (Wildman–Crippen LogP) is 4.93. The van der Waals surface area contributed by atoms with Crippen molar-refractivity contribution >= 4 is 11.5 Å². The number of phenols is 1. The van der Waals surface area contributed by atoms with E-state index in [2.05, 4.69) is 9.88 Å². The standard InChI is InChI=1S/C24H23F3N4O3/c1-16-2-4-17(5-3-16)23(20-14-19(31(33)34)7-8-21(20)32)30-12-10-29(11-13-30)22-9-6-18(15-28-22)24(25,26)27/h2-9,14-15,23,32H,10-13H2,1H3/t23-/m1/s1. The van der Waals surface area contributed by atoms with Crippen LogP contribution in [0, 0.1) is 17.0 Å². The van der Waals surface area contributed by atoms with E-state index in [4.69, 9.17) is 0 Å². The maximum absolute atomic E-state index is 12.8. The number of alkyl halides is 3. The number of rotatable bonds is 5. The summed E-state index contributed by atoms with van der Waals surface area (Å²) >= 11 is 0. The van der Waals surface area contributed by atoms with Gasteiger partial charge in [-0.05, 0) is 30.7 Å². The second-order valence-electron chi connectivity index (χ2n) is 8.24. The van der Waals surface area contributed by atoms with Crippen LogP contribution < -0.4 is 4.90 Å². The molecule has 34 heavy (non-hydrogen) atoms. The minimum atomic E-state index is -4.44. The van der Waals surface area contributed by atoms with E-state index >= 15 is 0 Å². The van der Waals surface area contributed by atoms with Crippen LogP contribution in [0.25, 0.3) is 0 Å². The summed E-state index contributed by atoms with van der Waals surface area (Å²) in [5.41, 5.74) is 1.46. The predicted molar refractivity (Wildman–Crippen MR) is 121 cm³/mol. The smallest absolute Gasteiger partial charge is 0.417 e. The first-order chi connectivity index (χ1) is 16.1. The molecule has 0 bridgehead atoms. The normalized spacial score (nSPS) is 15.8. The van der Waals surface area contributed by atoms with Gasteiger partial charge in [-0.15, -0.1) is 0 Å². The van der Waals surface area contributed by atoms with Crippen molar-refractivity contribution in [2.75, 3.05) is 31.1 Å². The van der Waals surface area contributed by atoms with Gasteiger partial charge in [-0.1, -0.05) is 29.8 Å². The number of hydrogen-bond donors (Lipinski definition) is 1. The quantitative estimate of drug-likeness (QED) is 0.419. The highest BCUT2D eigenvalue weighted by molar-refractivity contribution is 5.48. The lowest BCUT2D eigenvalue weighted by atomic mass is 9.94. The Balaban J connectivity index is 1.60. The van der Waals surface area contributed by atoms with Crippen LogP contribution in [0.1, 0.15) is 28.3 Å². The third-order valence-electron chi connectivity index (χ3n) is 5.99. The van der Waals surface area contributed by atoms with Gasteiger partial charge in [-0.2, -0.15) is 13.2 Å². The largest absolute Gasteiger partial charge is 0.508 e. The second kappa shape index (κ2) is 9.30. The Morgan fingerprint density at radius 2 is 1.71 bits per heavy atom. The molecule has 10 heteroatoms. The zero-order chi connectivity index (χ0) is 24.5. The minimum absolute atomic E-state index is 0.0389. The third kappa shape index (κ3) is 4.96. The molecule has 0 radical (unpaired) electrons. The first kappa shape index (κ1) is 23.5. The summed E-state index contributed by atoms with van der Waals surface area (Å²) in [7, 11) is 0. The first-order valence-electron chi connectivity index (χ1n) is 10.7. The van der Waals surface area contributed by atoms with Crippen LogP contribution in [0.4, 0.5) is 24.7 Å². The Hall–Kier alpha value is -3.66. The number of pyridine rings is 1. The molecule has 1 aliphatic rings. The summed E-state index contributed by atoms with van der Waals surface area (Å²) in [6.07, 6.45) is -3.61. The number of anilines is 1. The Labute approximate surface area is 194 Å². The Kier molecular flexibility index (Phi) is 6.43. The lowest BCUT2D eigenvalue weighted by Gasteiger charge is -2.40. The van der Waals surface area contributed by atoms with Gasteiger partial charge in [0.05, 0.1) is 16.5 Å². The van der Waals surface area contributed by atoms with Crippen LogP contribution in [0.15, 0.2) is 60.8 Å². The molecule has 0 saturated carbocycles. The molecular weight excluding hydrogens is 449 g/mol. The molecule has 1 aliphatic heterocycles. The molecule has 4 rings (SSSR count). The van der Waals surface area contributed by atoms with E-state index in [0.29, 0.717) is 37.6 Å². The second-order valence-corrected chi connectivity index (χ2v) is 8.24. The van der Waals surface area contributed by atoms with E-state index in [1.807, 2.05) is 36.1 Å². The average molecular weight is 472 g/mol. The molecule has 3 aromatic rings. The van der Waals surface area contributed by atoms with Gasteiger partial charge in [-0.3, -0.25) is 15.0 Å². The number of non-ortho nitro benzene ring substituents is 1. The molecule has 1 fully saturated rings. The number of phenolic OH excluding ortho intramolecular Hbond substituents is 1. The van der Waals surface area contributed by atoms with Gasteiger partial charge in [-0.25, -0.2) is 4.98 Å². The van der Waals surface area contributed by atoms with Gasteiger partial charge in [0.15, 0.2) is 0 Å². The van der Waals surface area contributed by atoms with Crippen molar-refractivity contribution in [2.24, 2.45) is 0 Å². The number of benzene rings is 2. The van der Waals surface area contributed by atoms with Gasteiger partial charge >= 0.3 is 6.18 Å². The van der Waals surface area contributed by atoms with Crippen LogP contribution in [0.2, 0.25) is 0 Å². The molecule has 1 saturated heterocycles. The van der Waals surface area contributed by atoms with Crippen LogP contribution >= 0.6 is 0 Å². The van der Waals surface area contributed by atoms with E-state index < -0.39 is 22.7 Å². The van der Waals surface area contributed by atoms with Gasteiger partial charge in [0, 0.05) is 50.1 Å². The zero-order valence-corrected chi connectivity index (χ0v) is 18.4. The maximum Gasteiger partial charge on any atom is 0.417 e. The lowest BCUT2D eigenvalue weighted by Crippen LogP contribution is -2.48. The van der Waals surface area contributed by atoms with Crippen molar-refractivity contribution in [3.63, 3.8) is 0 Å². The lowest BCUT2D eigenvalue weighted by molar-refractivity contribution is -0.385. The van der Waals surface area contributed by atoms with E-state index in [1.165, 1.54) is 24.3 Å². The molecular formula is C24H23F3N4O3. The fraction of sp³-hybridized carbons (Fsp3) is 0.292. The van der Waals surface area contributed by atoms with Gasteiger partial charge in [0.2, 0.25) is 0 Å². The molecule has 2 heterocycles. The molecule has 0 aliphatic carbocycles. The fourth-order valence-corrected chi connectivity index (χ4v) is 4.16. The summed E-state index contributed by atoms with van der Waals surface area (Å²) in [5, 5.41) is 22.0. The average Bonchev–Trinajstić information content (AvgIpc) is 2.81. The number of nitro groups is 1. The Morgan fingerprint density at radius 3 is 2.26 bits per heavy atom. The van der Waals surface area contributed by atoms with Gasteiger partial charge in [0.1, 0.15) is 11.6 Å². The summed E-state index contributed by atoms with van der Waals surface area (Å²) in [5.74, 6) is 0.417. The summed E-state index contributed by atoms with van der Waals surface area (Å²) in [4.78, 5) is 18.8. The number of piperazine rings is 1. The molecule has 1 aromatic heterocycles. The zero-order valence-electron chi connectivity index (χ0n) is 18.4. The number of nitrogens with zero attached hydrogens (tertiary/aromatic N) is 4. The molecule has 0 unspecified atom stereocenters. The van der Waals surface area contributed by atoms with E-state index in [0.717, 1.165) is 23.4 Å². The molecule has 1 N–H and O–H groups in total. The number of nitro benzene ring substituents is 1. The Morgan fingerprint density at radius 1 is 1.03 bits per heavy atom. The molecule has 1 atom stereocenters. The Bertz CT molecular complexity index is 1160. The number of halogens is 3. The molecule has 0 spiro atoms. The van der Waals surface area contributed by atoms with E-state index in [1.54, 1.807) is 0 Å². The molecule has 2 aromatic carbocycles. The van der Waals surface area contributed by atoms with Crippen molar-refractivity contribution in [3.05, 3.63) is 93.2 Å². The third-order valence-corrected chi connectivity index (χ3v) is 5.99.